The molecule has 0 saturated carbocycles. The molecule has 2 aromatic rings. The molecule has 2 aliphatic rings. The van der Waals surface area contributed by atoms with Crippen molar-refractivity contribution in [3.63, 3.8) is 0 Å². The number of hydrogen-bond acceptors (Lipinski definition) is 5. The first-order valence-electron chi connectivity index (χ1n) is 8.04. The molecule has 4 rings (SSSR count). The number of carbonyl (C=O) groups excluding carboxylic acids is 1. The van der Waals surface area contributed by atoms with Crippen LogP contribution in [-0.2, 0) is 0 Å². The highest BCUT2D eigenvalue weighted by Crippen LogP contribution is 2.28. The van der Waals surface area contributed by atoms with E-state index in [0.29, 0.717) is 17.8 Å². The third-order valence-corrected chi connectivity index (χ3v) is 4.77. The lowest BCUT2D eigenvalue weighted by Crippen LogP contribution is -2.43. The second kappa shape index (κ2) is 5.70. The summed E-state index contributed by atoms with van der Waals surface area (Å²) < 4.78 is 5.63. The van der Waals surface area contributed by atoms with Gasteiger partial charge < -0.3 is 20.4 Å². The smallest absolute Gasteiger partial charge is 0.307 e. The van der Waals surface area contributed by atoms with E-state index in [2.05, 4.69) is 20.9 Å². The molecule has 1 aromatic heterocycles. The summed E-state index contributed by atoms with van der Waals surface area (Å²) >= 11 is 0. The maximum absolute atomic E-state index is 12.3. The number of aromatic nitrogens is 1. The molecule has 0 radical (unpaired) electrons. The van der Waals surface area contributed by atoms with Crippen LogP contribution in [0.4, 0.5) is 5.69 Å². The Balaban J connectivity index is 1.45. The molecule has 2 saturated heterocycles. The van der Waals surface area contributed by atoms with Crippen molar-refractivity contribution in [2.45, 2.75) is 37.4 Å². The van der Waals surface area contributed by atoms with Crippen molar-refractivity contribution in [2.75, 3.05) is 12.4 Å². The van der Waals surface area contributed by atoms with Crippen LogP contribution in [0.25, 0.3) is 11.3 Å². The van der Waals surface area contributed by atoms with Crippen molar-refractivity contribution >= 4 is 11.6 Å². The summed E-state index contributed by atoms with van der Waals surface area (Å²) in [5.41, 5.74) is 1.92. The van der Waals surface area contributed by atoms with Crippen molar-refractivity contribution in [1.29, 1.82) is 0 Å². The summed E-state index contributed by atoms with van der Waals surface area (Å²) in [7, 11) is 1.87. The molecule has 1 amide bonds. The van der Waals surface area contributed by atoms with Gasteiger partial charge in [-0.25, -0.2) is 4.98 Å². The Labute approximate surface area is 134 Å². The first kappa shape index (κ1) is 14.3. The number of carbonyl (C=O) groups is 1. The van der Waals surface area contributed by atoms with E-state index in [1.807, 2.05) is 31.3 Å². The quantitative estimate of drug-likeness (QED) is 0.805. The van der Waals surface area contributed by atoms with E-state index in [4.69, 9.17) is 4.42 Å². The van der Waals surface area contributed by atoms with Crippen LogP contribution in [0, 0.1) is 0 Å². The Bertz CT molecular complexity index is 710. The maximum atomic E-state index is 12.3. The van der Waals surface area contributed by atoms with Crippen molar-refractivity contribution in [1.82, 2.24) is 15.6 Å². The Kier molecular flexibility index (Phi) is 3.53. The van der Waals surface area contributed by atoms with Crippen LogP contribution in [0.1, 0.15) is 29.9 Å². The van der Waals surface area contributed by atoms with Gasteiger partial charge in [-0.2, -0.15) is 0 Å². The molecule has 2 bridgehead atoms. The van der Waals surface area contributed by atoms with Crippen LogP contribution in [0.5, 0.6) is 0 Å². The lowest BCUT2D eigenvalue weighted by Gasteiger charge is -2.20. The Morgan fingerprint density at radius 3 is 2.78 bits per heavy atom. The Morgan fingerprint density at radius 1 is 1.30 bits per heavy atom. The number of anilines is 1. The molecule has 1 aromatic carbocycles. The fourth-order valence-corrected chi connectivity index (χ4v) is 3.53. The topological polar surface area (TPSA) is 79.2 Å². The minimum atomic E-state index is -0.234. The summed E-state index contributed by atoms with van der Waals surface area (Å²) in [5.74, 6) is 0.492. The molecule has 3 heterocycles. The molecule has 6 nitrogen and oxygen atoms in total. The van der Waals surface area contributed by atoms with Crippen LogP contribution in [0.2, 0.25) is 0 Å². The number of nitrogens with one attached hydrogen (secondary N) is 3. The van der Waals surface area contributed by atoms with E-state index in [-0.39, 0.29) is 17.8 Å². The maximum Gasteiger partial charge on any atom is 0.307 e. The Hall–Kier alpha value is -2.34. The molecule has 3 unspecified atom stereocenters. The number of amides is 1. The lowest BCUT2D eigenvalue weighted by atomic mass is 9.95. The van der Waals surface area contributed by atoms with E-state index >= 15 is 0 Å². The molecule has 120 valence electrons. The van der Waals surface area contributed by atoms with Gasteiger partial charge in [-0.15, -0.1) is 0 Å². The van der Waals surface area contributed by atoms with Crippen LogP contribution in [-0.4, -0.2) is 36.1 Å². The highest BCUT2D eigenvalue weighted by molar-refractivity contribution is 5.90. The number of hydrogen-bond donors (Lipinski definition) is 3. The summed E-state index contributed by atoms with van der Waals surface area (Å²) in [5, 5.41) is 9.61. The van der Waals surface area contributed by atoms with Gasteiger partial charge in [0.05, 0.1) is 6.20 Å². The minimum absolute atomic E-state index is 0.125. The van der Waals surface area contributed by atoms with E-state index in [1.165, 1.54) is 6.42 Å². The average Bonchev–Trinajstić information content (AvgIpc) is 3.31. The zero-order valence-electron chi connectivity index (χ0n) is 13.0. The standard InChI is InChI=1S/C17H20N4O2/c1-18-11-4-2-10(3-5-11)15-9-19-17(23-15)16(22)21-14-8-12-6-7-13(14)20-12/h2-5,9,12-14,18,20H,6-8H2,1H3,(H,21,22). The minimum Gasteiger partial charge on any atom is -0.432 e. The summed E-state index contributed by atoms with van der Waals surface area (Å²) in [4.78, 5) is 16.4. The van der Waals surface area contributed by atoms with Gasteiger partial charge >= 0.3 is 5.91 Å². The predicted molar refractivity (Wildman–Crippen MR) is 87.3 cm³/mol. The van der Waals surface area contributed by atoms with Gasteiger partial charge in [-0.1, -0.05) is 0 Å². The first-order valence-corrected chi connectivity index (χ1v) is 8.04. The van der Waals surface area contributed by atoms with Crippen LogP contribution >= 0.6 is 0 Å². The van der Waals surface area contributed by atoms with Crippen molar-refractivity contribution in [3.05, 3.63) is 36.4 Å². The lowest BCUT2D eigenvalue weighted by molar-refractivity contribution is 0.0896. The van der Waals surface area contributed by atoms with Gasteiger partial charge in [0.15, 0.2) is 5.76 Å². The zero-order valence-corrected chi connectivity index (χ0v) is 13.0. The number of benzene rings is 1. The molecule has 6 heteroatoms. The monoisotopic (exact) mass is 312 g/mol. The zero-order chi connectivity index (χ0) is 15.8. The average molecular weight is 312 g/mol. The molecule has 2 fully saturated rings. The summed E-state index contributed by atoms with van der Waals surface area (Å²) in [6.07, 6.45) is 4.94. The second-order valence-corrected chi connectivity index (χ2v) is 6.22. The van der Waals surface area contributed by atoms with Gasteiger partial charge in [0.25, 0.3) is 5.89 Å². The van der Waals surface area contributed by atoms with E-state index in [1.54, 1.807) is 6.20 Å². The molecule has 3 atom stereocenters. The predicted octanol–water partition coefficient (Wildman–Crippen LogP) is 2.01. The van der Waals surface area contributed by atoms with Gasteiger partial charge in [0.1, 0.15) is 0 Å². The van der Waals surface area contributed by atoms with E-state index in [0.717, 1.165) is 24.1 Å². The molecule has 0 aliphatic carbocycles. The highest BCUT2D eigenvalue weighted by Gasteiger charge is 2.40. The van der Waals surface area contributed by atoms with Gasteiger partial charge in [-0.3, -0.25) is 4.79 Å². The van der Waals surface area contributed by atoms with Gasteiger partial charge in [0.2, 0.25) is 0 Å². The van der Waals surface area contributed by atoms with Crippen LogP contribution in [0.15, 0.2) is 34.9 Å². The second-order valence-electron chi connectivity index (χ2n) is 6.22. The molecular formula is C17H20N4O2. The van der Waals surface area contributed by atoms with Gasteiger partial charge in [0, 0.05) is 36.4 Å². The fourth-order valence-electron chi connectivity index (χ4n) is 3.53. The molecule has 0 spiro atoms. The fraction of sp³-hybridized carbons (Fsp3) is 0.412. The number of oxazole rings is 1. The third-order valence-electron chi connectivity index (χ3n) is 4.77. The van der Waals surface area contributed by atoms with Crippen molar-refractivity contribution < 1.29 is 9.21 Å². The number of fused-ring (bicyclic) bond motifs is 2. The van der Waals surface area contributed by atoms with E-state index < -0.39 is 0 Å². The highest BCUT2D eigenvalue weighted by atomic mass is 16.4. The number of rotatable bonds is 4. The molecular weight excluding hydrogens is 292 g/mol. The third kappa shape index (κ3) is 2.70. The van der Waals surface area contributed by atoms with Crippen LogP contribution in [0.3, 0.4) is 0 Å². The normalized spacial score (nSPS) is 25.5. The van der Waals surface area contributed by atoms with Gasteiger partial charge in [-0.05, 0) is 43.5 Å². The molecule has 2 aliphatic heterocycles. The summed E-state index contributed by atoms with van der Waals surface area (Å²) in [6.45, 7) is 0. The SMILES string of the molecule is CNc1ccc(-c2cnc(C(=O)NC3CC4CCC3N4)o2)cc1. The van der Waals surface area contributed by atoms with Crippen molar-refractivity contribution in [2.24, 2.45) is 0 Å². The van der Waals surface area contributed by atoms with Crippen molar-refractivity contribution in [3.8, 4) is 11.3 Å². The largest absolute Gasteiger partial charge is 0.432 e. The summed E-state index contributed by atoms with van der Waals surface area (Å²) in [6, 6.07) is 8.92. The molecule has 23 heavy (non-hydrogen) atoms. The molecule has 3 N–H and O–H groups in total. The Morgan fingerprint density at radius 2 is 2.13 bits per heavy atom. The first-order chi connectivity index (χ1) is 11.2. The number of nitrogens with zero attached hydrogens (tertiary/aromatic N) is 1. The van der Waals surface area contributed by atoms with E-state index in [9.17, 15) is 4.79 Å². The van der Waals surface area contributed by atoms with Crippen LogP contribution < -0.4 is 16.0 Å².